The Morgan fingerprint density at radius 1 is 0.514 bits per heavy atom. The molecule has 35 heavy (non-hydrogen) atoms. The monoisotopic (exact) mass is 451 g/mol. The summed E-state index contributed by atoms with van der Waals surface area (Å²) in [5.74, 6) is 0.939. The van der Waals surface area contributed by atoms with Crippen LogP contribution < -0.4 is 0 Å². The first kappa shape index (κ1) is 19.5. The maximum Gasteiger partial charge on any atom is 0.248 e. The number of rotatable bonds is 3. The van der Waals surface area contributed by atoms with Crippen molar-refractivity contribution in [3.63, 3.8) is 0 Å². The summed E-state index contributed by atoms with van der Waals surface area (Å²) in [5, 5.41) is 12.8. The molecule has 0 aliphatic carbocycles. The second-order valence-corrected chi connectivity index (χ2v) is 8.30. The highest BCUT2D eigenvalue weighted by Crippen LogP contribution is 2.32. The van der Waals surface area contributed by atoms with Gasteiger partial charge in [-0.1, -0.05) is 48.5 Å². The van der Waals surface area contributed by atoms with Crippen LogP contribution in [0.4, 0.5) is 0 Å². The molecule has 7 rings (SSSR count). The Kier molecular flexibility index (Phi) is 4.35. The molecular weight excluding hydrogens is 434 g/mol. The van der Waals surface area contributed by atoms with Crippen molar-refractivity contribution in [1.82, 2.24) is 25.1 Å². The average molecular weight is 451 g/mol. The molecule has 0 saturated heterocycles. The van der Waals surface area contributed by atoms with E-state index in [1.165, 1.54) is 0 Å². The second-order valence-electron chi connectivity index (χ2n) is 8.30. The van der Waals surface area contributed by atoms with Crippen LogP contribution in [0.3, 0.4) is 0 Å². The highest BCUT2D eigenvalue weighted by atomic mass is 16.4. The SMILES string of the molecule is c1cnc2c(c1)ccc1ccc3ccc(-c4ccc(-c5nnc(-c6ccncc6)o5)cc4)nc3c12. The molecule has 0 bridgehead atoms. The number of benzene rings is 3. The van der Waals surface area contributed by atoms with Crippen LogP contribution in [0.5, 0.6) is 0 Å². The van der Waals surface area contributed by atoms with Crippen LogP contribution in [-0.2, 0) is 0 Å². The van der Waals surface area contributed by atoms with Crippen LogP contribution in [0.1, 0.15) is 0 Å². The van der Waals surface area contributed by atoms with Crippen LogP contribution in [0.25, 0.3) is 66.7 Å². The number of nitrogens with zero attached hydrogens (tertiary/aromatic N) is 5. The first-order chi connectivity index (χ1) is 17.3. The third-order valence-corrected chi connectivity index (χ3v) is 6.19. The molecule has 3 aromatic carbocycles. The van der Waals surface area contributed by atoms with E-state index in [-0.39, 0.29) is 0 Å². The molecule has 0 saturated carbocycles. The zero-order valence-electron chi connectivity index (χ0n) is 18.5. The Hall–Kier alpha value is -4.97. The molecule has 4 heterocycles. The predicted octanol–water partition coefficient (Wildman–Crippen LogP) is 6.72. The van der Waals surface area contributed by atoms with E-state index < -0.39 is 0 Å². The highest BCUT2D eigenvalue weighted by molar-refractivity contribution is 6.17. The molecule has 0 unspecified atom stereocenters. The first-order valence-corrected chi connectivity index (χ1v) is 11.3. The molecule has 0 aliphatic heterocycles. The van der Waals surface area contributed by atoms with E-state index in [0.29, 0.717) is 11.8 Å². The lowest BCUT2D eigenvalue weighted by molar-refractivity contribution is 0.584. The molecule has 6 nitrogen and oxygen atoms in total. The molecule has 0 N–H and O–H groups in total. The summed E-state index contributed by atoms with van der Waals surface area (Å²) < 4.78 is 5.88. The summed E-state index contributed by atoms with van der Waals surface area (Å²) in [6, 6.07) is 28.4. The lowest BCUT2D eigenvalue weighted by Gasteiger charge is -2.09. The minimum atomic E-state index is 0.468. The number of fused-ring (bicyclic) bond motifs is 5. The summed E-state index contributed by atoms with van der Waals surface area (Å²) in [6.45, 7) is 0. The number of hydrogen-bond acceptors (Lipinski definition) is 6. The van der Waals surface area contributed by atoms with Gasteiger partial charge in [-0.3, -0.25) is 9.97 Å². The van der Waals surface area contributed by atoms with Crippen LogP contribution in [0.15, 0.2) is 108 Å². The summed E-state index contributed by atoms with van der Waals surface area (Å²) in [6.07, 6.45) is 5.24. The van der Waals surface area contributed by atoms with Gasteiger partial charge in [-0.15, -0.1) is 10.2 Å². The van der Waals surface area contributed by atoms with Gasteiger partial charge in [0.05, 0.1) is 16.7 Å². The lowest BCUT2D eigenvalue weighted by atomic mass is 10.0. The van der Waals surface area contributed by atoms with E-state index >= 15 is 0 Å². The fourth-order valence-corrected chi connectivity index (χ4v) is 4.43. The lowest BCUT2D eigenvalue weighted by Crippen LogP contribution is -1.89. The van der Waals surface area contributed by atoms with Crippen molar-refractivity contribution >= 4 is 32.6 Å². The average Bonchev–Trinajstić information content (AvgIpc) is 3.43. The Morgan fingerprint density at radius 3 is 1.91 bits per heavy atom. The summed E-state index contributed by atoms with van der Waals surface area (Å²) in [4.78, 5) is 13.8. The molecule has 0 aliphatic rings. The molecule has 4 aromatic heterocycles. The maximum atomic E-state index is 5.88. The van der Waals surface area contributed by atoms with Crippen molar-refractivity contribution in [3.8, 4) is 34.2 Å². The fraction of sp³-hybridized carbons (Fsp3) is 0. The van der Waals surface area contributed by atoms with E-state index in [2.05, 4.69) is 62.6 Å². The predicted molar refractivity (Wildman–Crippen MR) is 137 cm³/mol. The van der Waals surface area contributed by atoms with Crippen molar-refractivity contribution in [1.29, 1.82) is 0 Å². The number of aromatic nitrogens is 5. The van der Waals surface area contributed by atoms with Crippen LogP contribution >= 0.6 is 0 Å². The fourth-order valence-electron chi connectivity index (χ4n) is 4.43. The van der Waals surface area contributed by atoms with E-state index in [1.54, 1.807) is 12.4 Å². The van der Waals surface area contributed by atoms with E-state index in [0.717, 1.165) is 55.0 Å². The third kappa shape index (κ3) is 3.31. The Bertz CT molecular complexity index is 1840. The van der Waals surface area contributed by atoms with Gasteiger partial charge in [-0.05, 0) is 41.8 Å². The smallest absolute Gasteiger partial charge is 0.248 e. The molecule has 164 valence electrons. The minimum Gasteiger partial charge on any atom is -0.416 e. The standard InChI is InChI=1S/C29H17N5O/c1-2-20-7-5-19-6-8-21-11-12-24(32-27(21)25(19)26(20)31-15-1)18-3-9-22(10-4-18)28-33-34-29(35-28)23-13-16-30-17-14-23/h1-17H. The quantitative estimate of drug-likeness (QED) is 0.278. The van der Waals surface area contributed by atoms with Crippen molar-refractivity contribution < 1.29 is 4.42 Å². The zero-order chi connectivity index (χ0) is 23.2. The van der Waals surface area contributed by atoms with Gasteiger partial charge in [0.2, 0.25) is 11.8 Å². The normalized spacial score (nSPS) is 11.4. The third-order valence-electron chi connectivity index (χ3n) is 6.19. The molecular formula is C29H17N5O. The molecule has 0 amide bonds. The van der Waals surface area contributed by atoms with Gasteiger partial charge in [-0.2, -0.15) is 0 Å². The van der Waals surface area contributed by atoms with Gasteiger partial charge in [0, 0.05) is 51.4 Å². The van der Waals surface area contributed by atoms with Gasteiger partial charge in [0.15, 0.2) is 0 Å². The maximum absolute atomic E-state index is 5.88. The van der Waals surface area contributed by atoms with Crippen LogP contribution in [0, 0.1) is 0 Å². The Balaban J connectivity index is 1.30. The summed E-state index contributed by atoms with van der Waals surface area (Å²) in [7, 11) is 0. The molecule has 0 radical (unpaired) electrons. The van der Waals surface area contributed by atoms with Crippen molar-refractivity contribution in [3.05, 3.63) is 104 Å². The van der Waals surface area contributed by atoms with E-state index in [1.807, 2.05) is 48.7 Å². The molecule has 0 spiro atoms. The van der Waals surface area contributed by atoms with Crippen LogP contribution in [-0.4, -0.2) is 25.1 Å². The van der Waals surface area contributed by atoms with Gasteiger partial charge in [-0.25, -0.2) is 4.98 Å². The van der Waals surface area contributed by atoms with E-state index in [9.17, 15) is 0 Å². The van der Waals surface area contributed by atoms with Crippen molar-refractivity contribution in [2.45, 2.75) is 0 Å². The van der Waals surface area contributed by atoms with Gasteiger partial charge < -0.3 is 4.42 Å². The van der Waals surface area contributed by atoms with Gasteiger partial charge in [0.1, 0.15) is 0 Å². The highest BCUT2D eigenvalue weighted by Gasteiger charge is 2.12. The topological polar surface area (TPSA) is 77.6 Å². The van der Waals surface area contributed by atoms with Gasteiger partial charge in [0.25, 0.3) is 0 Å². The Morgan fingerprint density at radius 2 is 1.14 bits per heavy atom. The number of hydrogen-bond donors (Lipinski definition) is 0. The van der Waals surface area contributed by atoms with Crippen molar-refractivity contribution in [2.24, 2.45) is 0 Å². The Labute approximate surface area is 200 Å². The van der Waals surface area contributed by atoms with Crippen LogP contribution in [0.2, 0.25) is 0 Å². The summed E-state index contributed by atoms with van der Waals surface area (Å²) in [5.41, 5.74) is 5.51. The number of pyridine rings is 3. The molecule has 7 aromatic rings. The van der Waals surface area contributed by atoms with E-state index in [4.69, 9.17) is 9.40 Å². The molecule has 6 heteroatoms. The summed E-state index contributed by atoms with van der Waals surface area (Å²) >= 11 is 0. The zero-order valence-corrected chi connectivity index (χ0v) is 18.5. The molecule has 0 fully saturated rings. The van der Waals surface area contributed by atoms with Gasteiger partial charge >= 0.3 is 0 Å². The minimum absolute atomic E-state index is 0.468. The molecule has 0 atom stereocenters. The largest absolute Gasteiger partial charge is 0.416 e. The van der Waals surface area contributed by atoms with Crippen molar-refractivity contribution in [2.75, 3.05) is 0 Å². The first-order valence-electron chi connectivity index (χ1n) is 11.3. The second kappa shape index (κ2) is 7.81.